The minimum Gasteiger partial charge on any atom is -0.381 e. The fourth-order valence-electron chi connectivity index (χ4n) is 1.94. The van der Waals surface area contributed by atoms with E-state index in [0.717, 1.165) is 16.8 Å². The number of carbonyl (C=O) groups excluding carboxylic acids is 1. The van der Waals surface area contributed by atoms with Crippen LogP contribution in [0.4, 0.5) is 10.1 Å². The highest BCUT2D eigenvalue weighted by atomic mass is 79.9. The van der Waals surface area contributed by atoms with Crippen molar-refractivity contribution in [2.45, 2.75) is 13.5 Å². The lowest BCUT2D eigenvalue weighted by Gasteiger charge is -2.12. The van der Waals surface area contributed by atoms with Crippen LogP contribution in [0.5, 0.6) is 0 Å². The second kappa shape index (κ2) is 6.05. The first-order valence-electron chi connectivity index (χ1n) is 6.06. The molecule has 0 aliphatic rings. The van der Waals surface area contributed by atoms with Gasteiger partial charge < -0.3 is 11.1 Å². The largest absolute Gasteiger partial charge is 0.381 e. The van der Waals surface area contributed by atoms with E-state index >= 15 is 0 Å². The highest BCUT2D eigenvalue weighted by molar-refractivity contribution is 9.10. The van der Waals surface area contributed by atoms with E-state index in [2.05, 4.69) is 21.2 Å². The van der Waals surface area contributed by atoms with Crippen LogP contribution in [0.1, 0.15) is 21.5 Å². The fraction of sp³-hybridized carbons (Fsp3) is 0.133. The number of carbonyl (C=O) groups is 1. The number of hydrogen-bond donors (Lipinski definition) is 2. The highest BCUT2D eigenvalue weighted by Gasteiger charge is 2.09. The predicted octanol–water partition coefficient (Wildman–Crippen LogP) is 3.61. The summed E-state index contributed by atoms with van der Waals surface area (Å²) in [4.78, 5) is 11.3. The lowest BCUT2D eigenvalue weighted by atomic mass is 10.1. The van der Waals surface area contributed by atoms with Gasteiger partial charge in [-0.2, -0.15) is 0 Å². The zero-order chi connectivity index (χ0) is 14.7. The summed E-state index contributed by atoms with van der Waals surface area (Å²) in [5.41, 5.74) is 8.22. The highest BCUT2D eigenvalue weighted by Crippen LogP contribution is 2.25. The number of primary amides is 1. The van der Waals surface area contributed by atoms with Gasteiger partial charge in [0.25, 0.3) is 0 Å². The summed E-state index contributed by atoms with van der Waals surface area (Å²) in [6.07, 6.45) is 0. The molecule has 104 valence electrons. The minimum atomic E-state index is -0.459. The van der Waals surface area contributed by atoms with Gasteiger partial charge in [0, 0.05) is 17.8 Å². The number of rotatable bonds is 4. The van der Waals surface area contributed by atoms with Gasteiger partial charge >= 0.3 is 0 Å². The molecule has 0 saturated carbocycles. The Labute approximate surface area is 125 Å². The Balaban J connectivity index is 2.21. The number of benzene rings is 2. The molecule has 0 fully saturated rings. The molecule has 0 aliphatic carbocycles. The zero-order valence-electron chi connectivity index (χ0n) is 10.9. The van der Waals surface area contributed by atoms with Gasteiger partial charge in [0.05, 0.1) is 4.47 Å². The van der Waals surface area contributed by atoms with Crippen LogP contribution in [0.15, 0.2) is 40.9 Å². The van der Waals surface area contributed by atoms with Gasteiger partial charge in [0.2, 0.25) is 5.91 Å². The number of amides is 1. The maximum Gasteiger partial charge on any atom is 0.249 e. The second-order valence-corrected chi connectivity index (χ2v) is 5.31. The van der Waals surface area contributed by atoms with Crippen molar-refractivity contribution in [3.8, 4) is 0 Å². The first-order valence-corrected chi connectivity index (χ1v) is 6.85. The number of anilines is 1. The van der Waals surface area contributed by atoms with Crippen molar-refractivity contribution in [2.75, 3.05) is 5.32 Å². The van der Waals surface area contributed by atoms with Crippen molar-refractivity contribution < 1.29 is 9.18 Å². The second-order valence-electron chi connectivity index (χ2n) is 4.46. The molecule has 2 aromatic rings. The van der Waals surface area contributed by atoms with Crippen molar-refractivity contribution in [3.63, 3.8) is 0 Å². The summed E-state index contributed by atoms with van der Waals surface area (Å²) < 4.78 is 13.8. The predicted molar refractivity (Wildman–Crippen MR) is 81.1 cm³/mol. The third-order valence-electron chi connectivity index (χ3n) is 3.02. The Hall–Kier alpha value is -1.88. The van der Waals surface area contributed by atoms with Gasteiger partial charge in [-0.25, -0.2) is 4.39 Å². The Bertz CT molecular complexity index is 658. The van der Waals surface area contributed by atoms with Crippen molar-refractivity contribution in [2.24, 2.45) is 5.73 Å². The van der Waals surface area contributed by atoms with Crippen LogP contribution in [0.2, 0.25) is 0 Å². The molecule has 0 spiro atoms. The molecule has 0 atom stereocenters. The minimum absolute atomic E-state index is 0.300. The number of hydrogen-bond acceptors (Lipinski definition) is 2. The first-order chi connectivity index (χ1) is 9.49. The number of nitrogens with two attached hydrogens (primary N) is 1. The molecule has 0 bridgehead atoms. The average molecular weight is 337 g/mol. The molecule has 0 aliphatic heterocycles. The van der Waals surface area contributed by atoms with Crippen LogP contribution in [-0.4, -0.2) is 5.91 Å². The number of halogens is 2. The summed E-state index contributed by atoms with van der Waals surface area (Å²) in [6.45, 7) is 2.26. The molecule has 3 nitrogen and oxygen atoms in total. The van der Waals surface area contributed by atoms with Crippen LogP contribution < -0.4 is 11.1 Å². The van der Waals surface area contributed by atoms with Crippen LogP contribution >= 0.6 is 15.9 Å². The smallest absolute Gasteiger partial charge is 0.249 e. The third kappa shape index (κ3) is 3.17. The van der Waals surface area contributed by atoms with E-state index in [1.807, 2.05) is 19.1 Å². The van der Waals surface area contributed by atoms with Crippen LogP contribution in [-0.2, 0) is 6.54 Å². The zero-order valence-corrected chi connectivity index (χ0v) is 12.5. The molecule has 0 heterocycles. The van der Waals surface area contributed by atoms with E-state index in [9.17, 15) is 9.18 Å². The molecule has 20 heavy (non-hydrogen) atoms. The van der Waals surface area contributed by atoms with Crippen LogP contribution in [0.3, 0.4) is 0 Å². The standard InChI is InChI=1S/C15H14BrFN2O/c1-9-6-13(17)12(16)7-14(9)19-8-10-4-2-3-5-11(10)15(18)20/h2-7,19H,8H2,1H3,(H2,18,20). The molecule has 5 heteroatoms. The van der Waals surface area contributed by atoms with Gasteiger partial charge in [0.1, 0.15) is 5.82 Å². The monoisotopic (exact) mass is 336 g/mol. The molecule has 0 radical (unpaired) electrons. The summed E-state index contributed by atoms with van der Waals surface area (Å²) >= 11 is 3.16. The van der Waals surface area contributed by atoms with Crippen molar-refractivity contribution in [1.29, 1.82) is 0 Å². The van der Waals surface area contributed by atoms with E-state index in [-0.39, 0.29) is 5.82 Å². The summed E-state index contributed by atoms with van der Waals surface area (Å²) in [5.74, 6) is -0.759. The molecule has 0 aromatic heterocycles. The first kappa shape index (κ1) is 14.5. The van der Waals surface area contributed by atoms with Crippen molar-refractivity contribution in [1.82, 2.24) is 0 Å². The molecule has 2 aromatic carbocycles. The van der Waals surface area contributed by atoms with Gasteiger partial charge in [-0.1, -0.05) is 18.2 Å². The van der Waals surface area contributed by atoms with Crippen molar-refractivity contribution >= 4 is 27.5 Å². The molecular formula is C15H14BrFN2O. The van der Waals surface area contributed by atoms with Crippen molar-refractivity contribution in [3.05, 3.63) is 63.4 Å². The lowest BCUT2D eigenvalue weighted by Crippen LogP contribution is -2.15. The molecule has 0 saturated heterocycles. The Morgan fingerprint density at radius 1 is 1.35 bits per heavy atom. The van der Waals surface area contributed by atoms with E-state index in [1.54, 1.807) is 18.2 Å². The van der Waals surface area contributed by atoms with Gasteiger partial charge in [-0.05, 0) is 52.2 Å². The molecular weight excluding hydrogens is 323 g/mol. The molecule has 3 N–H and O–H groups in total. The molecule has 0 unspecified atom stereocenters. The number of nitrogens with one attached hydrogen (secondary N) is 1. The van der Waals surface area contributed by atoms with E-state index in [0.29, 0.717) is 16.6 Å². The van der Waals surface area contributed by atoms with Crippen LogP contribution in [0.25, 0.3) is 0 Å². The van der Waals surface area contributed by atoms with Crippen LogP contribution in [0, 0.1) is 12.7 Å². The van der Waals surface area contributed by atoms with Gasteiger partial charge in [0.15, 0.2) is 0 Å². The summed E-state index contributed by atoms with van der Waals surface area (Å²) in [5, 5.41) is 3.19. The fourth-order valence-corrected chi connectivity index (χ4v) is 2.29. The Morgan fingerprint density at radius 2 is 2.05 bits per heavy atom. The Kier molecular flexibility index (Phi) is 4.39. The SMILES string of the molecule is Cc1cc(F)c(Br)cc1NCc1ccccc1C(N)=O. The third-order valence-corrected chi connectivity index (χ3v) is 3.63. The number of aryl methyl sites for hydroxylation is 1. The normalized spacial score (nSPS) is 10.3. The summed E-state index contributed by atoms with van der Waals surface area (Å²) in [7, 11) is 0. The maximum absolute atomic E-state index is 13.4. The van der Waals surface area contributed by atoms with E-state index in [1.165, 1.54) is 6.07 Å². The maximum atomic E-state index is 13.4. The average Bonchev–Trinajstić information content (AvgIpc) is 2.41. The van der Waals surface area contributed by atoms with E-state index in [4.69, 9.17) is 5.73 Å². The van der Waals surface area contributed by atoms with E-state index < -0.39 is 5.91 Å². The molecule has 1 amide bonds. The topological polar surface area (TPSA) is 55.1 Å². The summed E-state index contributed by atoms with van der Waals surface area (Å²) in [6, 6.07) is 10.3. The van der Waals surface area contributed by atoms with Gasteiger partial charge in [-0.3, -0.25) is 4.79 Å². The van der Waals surface area contributed by atoms with Gasteiger partial charge in [-0.15, -0.1) is 0 Å². The molecule has 2 rings (SSSR count). The Morgan fingerprint density at radius 3 is 2.75 bits per heavy atom. The lowest BCUT2D eigenvalue weighted by molar-refractivity contribution is 0.0999. The quantitative estimate of drug-likeness (QED) is 0.896.